The second-order valence-corrected chi connectivity index (χ2v) is 12.5. The number of anilines is 1. The molecule has 1 aliphatic carbocycles. The Hall–Kier alpha value is -3.97. The highest BCUT2D eigenvalue weighted by molar-refractivity contribution is 7.86. The molecule has 0 amide bonds. The van der Waals surface area contributed by atoms with Crippen molar-refractivity contribution in [1.29, 1.82) is 0 Å². The molecule has 1 unspecified atom stereocenters. The number of aromatic nitrogens is 2. The number of fused-ring (bicyclic) bond motifs is 1. The molecule has 8 nitrogen and oxygen atoms in total. The van der Waals surface area contributed by atoms with E-state index in [-0.39, 0.29) is 28.6 Å². The van der Waals surface area contributed by atoms with E-state index in [0.717, 1.165) is 11.6 Å². The molecule has 1 aliphatic rings. The number of rotatable bonds is 10. The van der Waals surface area contributed by atoms with Gasteiger partial charge in [-0.25, -0.2) is 14.4 Å². The smallest absolute Gasteiger partial charge is 0.419 e. The molecule has 0 aliphatic heterocycles. The second kappa shape index (κ2) is 11.5. The number of halogens is 4. The summed E-state index contributed by atoms with van der Waals surface area (Å²) in [5, 5.41) is 3.44. The van der Waals surface area contributed by atoms with E-state index >= 15 is 0 Å². The van der Waals surface area contributed by atoms with Crippen LogP contribution in [-0.2, 0) is 20.5 Å². The van der Waals surface area contributed by atoms with Crippen LogP contribution in [0.3, 0.4) is 0 Å². The van der Waals surface area contributed by atoms with E-state index in [1.165, 1.54) is 26.2 Å². The minimum absolute atomic E-state index is 0.0900. The third-order valence-electron chi connectivity index (χ3n) is 7.43. The molecule has 1 aromatic heterocycles. The molecule has 5 rings (SSSR count). The lowest BCUT2D eigenvalue weighted by molar-refractivity contribution is -0.140. The largest absolute Gasteiger partial charge is 0.493 e. The molecule has 1 saturated carbocycles. The molecule has 1 atom stereocenters. The fourth-order valence-electron chi connectivity index (χ4n) is 4.98. The highest BCUT2D eigenvalue weighted by Crippen LogP contribution is 2.44. The first-order chi connectivity index (χ1) is 20.6. The van der Waals surface area contributed by atoms with Gasteiger partial charge in [-0.15, -0.1) is 0 Å². The summed E-state index contributed by atoms with van der Waals surface area (Å²) in [7, 11) is -2.63. The van der Waals surface area contributed by atoms with E-state index in [1.54, 1.807) is 38.1 Å². The zero-order chi connectivity index (χ0) is 32.0. The topological polar surface area (TPSA) is 99.6 Å². The average Bonchev–Trinajstić information content (AvgIpc) is 3.69. The van der Waals surface area contributed by atoms with Crippen LogP contribution in [0, 0.1) is 26.6 Å². The Morgan fingerprint density at radius 2 is 1.75 bits per heavy atom. The normalized spacial score (nSPS) is 15.2. The van der Waals surface area contributed by atoms with Crippen molar-refractivity contribution >= 4 is 26.8 Å². The molecule has 1 N–H and O–H groups in total. The number of ether oxygens (including phenoxy) is 2. The van der Waals surface area contributed by atoms with Crippen molar-refractivity contribution in [2.24, 2.45) is 0 Å². The van der Waals surface area contributed by atoms with E-state index in [2.05, 4.69) is 15.3 Å². The summed E-state index contributed by atoms with van der Waals surface area (Å²) in [5.41, 5.74) is -0.660. The molecule has 234 valence electrons. The molecule has 44 heavy (non-hydrogen) atoms. The number of nitrogens with one attached hydrogen (secondary N) is 1. The molecule has 4 aromatic rings. The number of benzene rings is 3. The Morgan fingerprint density at radius 1 is 1.02 bits per heavy atom. The Balaban J connectivity index is 1.42. The first-order valence-electron chi connectivity index (χ1n) is 13.8. The fraction of sp³-hybridized carbons (Fsp3) is 0.355. The molecule has 0 radical (unpaired) electrons. The van der Waals surface area contributed by atoms with Gasteiger partial charge in [0.05, 0.1) is 29.1 Å². The van der Waals surface area contributed by atoms with E-state index in [0.29, 0.717) is 46.9 Å². The molecule has 1 fully saturated rings. The fourth-order valence-corrected chi connectivity index (χ4v) is 6.44. The van der Waals surface area contributed by atoms with Crippen LogP contribution in [0.15, 0.2) is 53.4 Å². The maximum absolute atomic E-state index is 14.9. The van der Waals surface area contributed by atoms with Crippen LogP contribution in [0.2, 0.25) is 0 Å². The molecule has 1 heterocycles. The van der Waals surface area contributed by atoms with E-state index in [4.69, 9.17) is 13.7 Å². The van der Waals surface area contributed by atoms with Crippen molar-refractivity contribution < 1.29 is 39.6 Å². The summed E-state index contributed by atoms with van der Waals surface area (Å²) in [6.07, 6.45) is -3.92. The van der Waals surface area contributed by atoms with Gasteiger partial charge in [0.25, 0.3) is 10.1 Å². The standard InChI is InChI=1S/C31H31F4N3O5S/c1-17-9-10-27(18(2)13-17)44(39,40)43-30(11-12-30)16-42-26-14-22-24(15-25(26)41-5)37-20(4)38-29(22)36-19(3)21-7-6-8-23(28(21)32)31(33,34)35/h6-10,13-15,19H,11-12,16H2,1-5H3,(H,36,37,38). The minimum atomic E-state index is -4.85. The summed E-state index contributed by atoms with van der Waals surface area (Å²) in [5.74, 6) is -0.224. The first kappa shape index (κ1) is 31.5. The monoisotopic (exact) mass is 633 g/mol. The summed E-state index contributed by atoms with van der Waals surface area (Å²) in [6, 6.07) is 10.4. The van der Waals surface area contributed by atoms with Gasteiger partial charge in [-0.05, 0) is 64.3 Å². The Bertz CT molecular complexity index is 1840. The van der Waals surface area contributed by atoms with Gasteiger partial charge in [0.2, 0.25) is 0 Å². The Labute approximate surface area is 252 Å². The lowest BCUT2D eigenvalue weighted by Gasteiger charge is -2.21. The van der Waals surface area contributed by atoms with Gasteiger partial charge in [0.1, 0.15) is 29.7 Å². The van der Waals surface area contributed by atoms with Gasteiger partial charge in [-0.1, -0.05) is 29.8 Å². The predicted octanol–water partition coefficient (Wildman–Crippen LogP) is 7.21. The molecule has 0 spiro atoms. The maximum atomic E-state index is 14.9. The van der Waals surface area contributed by atoms with Crippen LogP contribution in [0.1, 0.15) is 53.9 Å². The van der Waals surface area contributed by atoms with Crippen LogP contribution in [0.5, 0.6) is 11.5 Å². The van der Waals surface area contributed by atoms with Gasteiger partial charge in [0, 0.05) is 17.0 Å². The molecule has 3 aromatic carbocycles. The van der Waals surface area contributed by atoms with Crippen LogP contribution < -0.4 is 14.8 Å². The lowest BCUT2D eigenvalue weighted by Crippen LogP contribution is -2.27. The SMILES string of the molecule is COc1cc2nc(C)nc(NC(C)c3cccc(C(F)(F)F)c3F)c2cc1OCC1(OS(=O)(=O)c2ccc(C)cc2C)CC1. The van der Waals surface area contributed by atoms with Crippen LogP contribution in [0.25, 0.3) is 10.9 Å². The summed E-state index contributed by atoms with van der Waals surface area (Å²) < 4.78 is 98.3. The number of hydrogen-bond donors (Lipinski definition) is 1. The molecular weight excluding hydrogens is 602 g/mol. The van der Waals surface area contributed by atoms with Gasteiger partial charge in [-0.2, -0.15) is 21.6 Å². The van der Waals surface area contributed by atoms with Crippen molar-refractivity contribution in [2.45, 2.75) is 63.3 Å². The van der Waals surface area contributed by atoms with Crippen molar-refractivity contribution in [3.8, 4) is 11.5 Å². The Morgan fingerprint density at radius 3 is 2.39 bits per heavy atom. The molecule has 0 bridgehead atoms. The zero-order valence-electron chi connectivity index (χ0n) is 24.7. The highest BCUT2D eigenvalue weighted by atomic mass is 32.2. The van der Waals surface area contributed by atoms with Gasteiger partial charge < -0.3 is 14.8 Å². The Kier molecular flexibility index (Phi) is 8.23. The third kappa shape index (κ3) is 6.43. The number of nitrogens with zero attached hydrogens (tertiary/aromatic N) is 2. The third-order valence-corrected chi connectivity index (χ3v) is 9.00. The van der Waals surface area contributed by atoms with Crippen molar-refractivity contribution in [2.75, 3.05) is 19.0 Å². The highest BCUT2D eigenvalue weighted by Gasteiger charge is 2.49. The second-order valence-electron chi connectivity index (χ2n) is 11.0. The van der Waals surface area contributed by atoms with Crippen molar-refractivity contribution in [1.82, 2.24) is 9.97 Å². The van der Waals surface area contributed by atoms with Crippen LogP contribution >= 0.6 is 0 Å². The number of hydrogen-bond acceptors (Lipinski definition) is 8. The number of methoxy groups -OCH3 is 1. The lowest BCUT2D eigenvalue weighted by atomic mass is 10.0. The average molecular weight is 634 g/mol. The quantitative estimate of drug-likeness (QED) is 0.145. The predicted molar refractivity (Wildman–Crippen MR) is 156 cm³/mol. The molecule has 0 saturated heterocycles. The van der Waals surface area contributed by atoms with Crippen LogP contribution in [-0.4, -0.2) is 37.7 Å². The minimum Gasteiger partial charge on any atom is -0.493 e. The zero-order valence-corrected chi connectivity index (χ0v) is 25.5. The van der Waals surface area contributed by atoms with E-state index in [9.17, 15) is 26.0 Å². The van der Waals surface area contributed by atoms with Crippen LogP contribution in [0.4, 0.5) is 23.4 Å². The number of alkyl halides is 3. The summed E-state index contributed by atoms with van der Waals surface area (Å²) in [4.78, 5) is 8.94. The van der Waals surface area contributed by atoms with E-state index < -0.39 is 39.3 Å². The van der Waals surface area contributed by atoms with Gasteiger partial charge >= 0.3 is 6.18 Å². The van der Waals surface area contributed by atoms with Gasteiger partial charge in [-0.3, -0.25) is 4.18 Å². The molecule has 13 heteroatoms. The van der Waals surface area contributed by atoms with E-state index in [1.807, 2.05) is 6.92 Å². The summed E-state index contributed by atoms with van der Waals surface area (Å²) >= 11 is 0. The van der Waals surface area contributed by atoms with Crippen molar-refractivity contribution in [3.05, 3.63) is 82.4 Å². The first-order valence-corrected chi connectivity index (χ1v) is 15.2. The van der Waals surface area contributed by atoms with Crippen molar-refractivity contribution in [3.63, 3.8) is 0 Å². The maximum Gasteiger partial charge on any atom is 0.419 e. The van der Waals surface area contributed by atoms with Gasteiger partial charge in [0.15, 0.2) is 11.5 Å². The summed E-state index contributed by atoms with van der Waals surface area (Å²) in [6.45, 7) is 6.64. The number of aryl methyl sites for hydroxylation is 3. The molecular formula is C31H31F4N3O5S.